The fourth-order valence-electron chi connectivity index (χ4n) is 2.36. The topological polar surface area (TPSA) is 88.1 Å². The molecule has 10 heteroatoms. The third kappa shape index (κ3) is 6.80. The summed E-state index contributed by atoms with van der Waals surface area (Å²) in [6.07, 6.45) is -0.804. The van der Waals surface area contributed by atoms with Crippen molar-refractivity contribution in [3.63, 3.8) is 0 Å². The molecule has 2 rings (SSSR count). The van der Waals surface area contributed by atoms with Crippen molar-refractivity contribution < 1.29 is 46.9 Å². The number of hydrogen-bond donors (Lipinski definition) is 1. The molecule has 7 nitrogen and oxygen atoms in total. The Morgan fingerprint density at radius 1 is 1.36 bits per heavy atom. The van der Waals surface area contributed by atoms with Crippen molar-refractivity contribution >= 4 is 5.97 Å². The summed E-state index contributed by atoms with van der Waals surface area (Å²) in [5.74, 6) is -0.343. The normalized spacial score (nSPS) is 28.7. The van der Waals surface area contributed by atoms with E-state index in [0.717, 1.165) is 11.0 Å². The van der Waals surface area contributed by atoms with Gasteiger partial charge in [0.15, 0.2) is 0 Å². The minimum absolute atomic E-state index is 0.0713. The molecule has 0 aromatic heterocycles. The van der Waals surface area contributed by atoms with Crippen molar-refractivity contribution in [3.8, 4) is 12.3 Å². The molecule has 0 aliphatic carbocycles. The Hall–Kier alpha value is -1.38. The van der Waals surface area contributed by atoms with Gasteiger partial charge in [0, 0.05) is 0 Å². The third-order valence-electron chi connectivity index (χ3n) is 3.76. The molecule has 0 aromatic carbocycles. The molecule has 1 N–H and O–H groups in total. The zero-order valence-corrected chi connectivity index (χ0v) is 14.0. The first-order valence-corrected chi connectivity index (χ1v) is 7.54. The summed E-state index contributed by atoms with van der Waals surface area (Å²) in [5.41, 5.74) is 0. The molecule has 0 unspecified atom stereocenters. The quantitative estimate of drug-likeness (QED) is 0.471. The highest BCUT2D eigenvalue weighted by atomic mass is 19.4. The Morgan fingerprint density at radius 3 is 2.44 bits per heavy atom. The zero-order chi connectivity index (χ0) is 19.3. The molecule has 2 heterocycles. The zero-order valence-electron chi connectivity index (χ0n) is 14.0. The molecule has 0 bridgehead atoms. The predicted octanol–water partition coefficient (Wildman–Crippen LogP) is -1.46. The second-order valence-corrected chi connectivity index (χ2v) is 6.38. The highest BCUT2D eigenvalue weighted by Gasteiger charge is 2.47. The van der Waals surface area contributed by atoms with Crippen molar-refractivity contribution in [2.24, 2.45) is 0 Å². The van der Waals surface area contributed by atoms with Gasteiger partial charge < -0.3 is 33.7 Å². The predicted molar refractivity (Wildman–Crippen MR) is 77.0 cm³/mol. The summed E-state index contributed by atoms with van der Waals surface area (Å²) in [5, 5.41) is 18.4. The molecule has 0 aromatic rings. The smallest absolute Gasteiger partial charge is 0.430 e. The number of rotatable bonds is 5. The largest absolute Gasteiger partial charge is 0.542 e. The molecule has 144 valence electrons. The number of terminal acetylenes is 1. The van der Waals surface area contributed by atoms with Crippen LogP contribution in [0.1, 0.15) is 0 Å². The van der Waals surface area contributed by atoms with Gasteiger partial charge in [-0.1, -0.05) is 0 Å². The number of likely N-dealkylation sites (N-methyl/N-ethyl adjacent to an activating group) is 1. The number of aliphatic hydroxyl groups is 1. The minimum Gasteiger partial charge on any atom is -0.542 e. The van der Waals surface area contributed by atoms with Crippen LogP contribution in [0, 0.1) is 12.3 Å². The Kier molecular flexibility index (Phi) is 7.64. The van der Waals surface area contributed by atoms with Crippen LogP contribution in [-0.2, 0) is 19.0 Å². The lowest BCUT2D eigenvalue weighted by molar-refractivity contribution is -0.883. The van der Waals surface area contributed by atoms with Gasteiger partial charge in [0.2, 0.25) is 0 Å². The minimum atomic E-state index is -5.19. The van der Waals surface area contributed by atoms with Gasteiger partial charge in [-0.3, -0.25) is 0 Å². The molecule has 4 atom stereocenters. The highest BCUT2D eigenvalue weighted by Crippen LogP contribution is 2.28. The number of aliphatic hydroxyl groups excluding tert-OH is 1. The average Bonchev–Trinajstić information content (AvgIpc) is 3.02. The number of ether oxygens (including phenoxy) is 3. The van der Waals surface area contributed by atoms with Crippen LogP contribution in [0.4, 0.5) is 13.2 Å². The van der Waals surface area contributed by atoms with E-state index in [4.69, 9.17) is 30.5 Å². The number of nitrogens with zero attached hydrogens (tertiary/aromatic N) is 1. The van der Waals surface area contributed by atoms with E-state index in [1.807, 2.05) is 0 Å². The fraction of sp³-hybridized carbons (Fsp3) is 0.800. The first-order valence-electron chi connectivity index (χ1n) is 7.54. The van der Waals surface area contributed by atoms with Gasteiger partial charge in [-0.05, 0) is 5.92 Å². The molecule has 2 saturated heterocycles. The standard InChI is InChI=1S/C13H22NO4.C2HF3O2/c1-4-5-14(2,3)6-7-16-11-9-18-12-10(15)8-17-13(11)12;3-2(4,5)1(6)7/h1,10-13,15H,5-9H2,2-3H3;(H,6,7)/q+1;/p-1/t10-,11+,12+,13+;/m0./s1. The number of hydrogen-bond acceptors (Lipinski definition) is 6. The Labute approximate surface area is 143 Å². The Balaban J connectivity index is 0.000000381. The number of aliphatic carboxylic acids is 1. The van der Waals surface area contributed by atoms with Crippen LogP contribution in [0.15, 0.2) is 0 Å². The fourth-order valence-corrected chi connectivity index (χ4v) is 2.36. The third-order valence-corrected chi connectivity index (χ3v) is 3.76. The average molecular weight is 369 g/mol. The lowest BCUT2D eigenvalue weighted by Gasteiger charge is -2.28. The van der Waals surface area contributed by atoms with Gasteiger partial charge >= 0.3 is 6.18 Å². The summed E-state index contributed by atoms with van der Waals surface area (Å²) in [7, 11) is 4.15. The van der Waals surface area contributed by atoms with E-state index in [1.165, 1.54) is 0 Å². The molecular formula is C15H22F3NO6. The number of halogens is 3. The van der Waals surface area contributed by atoms with E-state index in [9.17, 15) is 18.3 Å². The first kappa shape index (κ1) is 21.7. The molecule has 0 saturated carbocycles. The summed E-state index contributed by atoms with van der Waals surface area (Å²) < 4.78 is 49.1. The summed E-state index contributed by atoms with van der Waals surface area (Å²) in [6, 6.07) is 0. The molecule has 0 spiro atoms. The second kappa shape index (κ2) is 8.82. The van der Waals surface area contributed by atoms with E-state index in [2.05, 4.69) is 20.0 Å². The van der Waals surface area contributed by atoms with E-state index >= 15 is 0 Å². The number of fused-ring (bicyclic) bond motifs is 1. The van der Waals surface area contributed by atoms with Gasteiger partial charge in [-0.15, -0.1) is 6.42 Å². The molecule has 25 heavy (non-hydrogen) atoms. The van der Waals surface area contributed by atoms with Gasteiger partial charge in [0.05, 0.1) is 33.9 Å². The van der Waals surface area contributed by atoms with Crippen LogP contribution in [0.5, 0.6) is 0 Å². The van der Waals surface area contributed by atoms with Crippen LogP contribution in [-0.4, -0.2) is 93.2 Å². The maximum atomic E-state index is 10.5. The van der Waals surface area contributed by atoms with Gasteiger partial charge in [-0.25, -0.2) is 0 Å². The van der Waals surface area contributed by atoms with Gasteiger partial charge in [-0.2, -0.15) is 13.2 Å². The molecule has 2 fully saturated rings. The van der Waals surface area contributed by atoms with Crippen molar-refractivity contribution in [3.05, 3.63) is 0 Å². The highest BCUT2D eigenvalue weighted by molar-refractivity contribution is 5.70. The van der Waals surface area contributed by atoms with Crippen LogP contribution in [0.25, 0.3) is 0 Å². The van der Waals surface area contributed by atoms with Crippen LogP contribution in [0.3, 0.4) is 0 Å². The van der Waals surface area contributed by atoms with Gasteiger partial charge in [0.25, 0.3) is 0 Å². The number of carboxylic acids is 1. The number of quaternary nitrogens is 1. The lowest BCUT2D eigenvalue weighted by Crippen LogP contribution is -2.43. The van der Waals surface area contributed by atoms with Crippen molar-refractivity contribution in [2.45, 2.75) is 30.6 Å². The molecular weight excluding hydrogens is 347 g/mol. The maximum Gasteiger partial charge on any atom is 0.430 e. The number of carbonyl (C=O) groups is 1. The van der Waals surface area contributed by atoms with Crippen LogP contribution >= 0.6 is 0 Å². The van der Waals surface area contributed by atoms with E-state index in [1.54, 1.807) is 0 Å². The van der Waals surface area contributed by atoms with Crippen molar-refractivity contribution in [2.75, 3.05) is 47.0 Å². The summed E-state index contributed by atoms with van der Waals surface area (Å²) in [6.45, 7) is 2.99. The molecule has 0 amide bonds. The van der Waals surface area contributed by atoms with Crippen LogP contribution in [0.2, 0.25) is 0 Å². The van der Waals surface area contributed by atoms with E-state index in [-0.39, 0.29) is 18.3 Å². The Bertz CT molecular complexity index is 491. The molecule has 0 radical (unpaired) electrons. The SMILES string of the molecule is C#CC[N+](C)(C)CCO[C@@H]1CO[C@H]2[C@@H]1OC[C@@H]2O.O=C([O-])C(F)(F)F. The first-order chi connectivity index (χ1) is 11.5. The van der Waals surface area contributed by atoms with E-state index < -0.39 is 18.2 Å². The van der Waals surface area contributed by atoms with Gasteiger partial charge in [0.1, 0.15) is 43.5 Å². The maximum absolute atomic E-state index is 10.5. The number of carbonyl (C=O) groups excluding carboxylic acids is 1. The number of carboxylic acid groups (broad SMARTS) is 1. The Morgan fingerprint density at radius 2 is 1.92 bits per heavy atom. The molecule has 2 aliphatic rings. The summed E-state index contributed by atoms with van der Waals surface area (Å²) >= 11 is 0. The lowest BCUT2D eigenvalue weighted by atomic mass is 10.1. The van der Waals surface area contributed by atoms with Crippen molar-refractivity contribution in [1.29, 1.82) is 0 Å². The molecule has 2 aliphatic heterocycles. The number of alkyl halides is 3. The summed E-state index contributed by atoms with van der Waals surface area (Å²) in [4.78, 5) is 8.78. The monoisotopic (exact) mass is 369 g/mol. The second-order valence-electron chi connectivity index (χ2n) is 6.38. The van der Waals surface area contributed by atoms with Crippen LogP contribution < -0.4 is 5.11 Å². The van der Waals surface area contributed by atoms with E-state index in [0.29, 0.717) is 26.4 Å². The van der Waals surface area contributed by atoms with Crippen molar-refractivity contribution in [1.82, 2.24) is 0 Å².